The van der Waals surface area contributed by atoms with Crippen molar-refractivity contribution < 1.29 is 13.9 Å². The summed E-state index contributed by atoms with van der Waals surface area (Å²) in [7, 11) is 0. The maximum absolute atomic E-state index is 11.6. The number of nitrogens with zero attached hydrogens (tertiary/aromatic N) is 1. The van der Waals surface area contributed by atoms with Crippen LogP contribution in [0.4, 0.5) is 0 Å². The molecule has 0 aromatic carbocycles. The highest BCUT2D eigenvalue weighted by molar-refractivity contribution is 9.10. The average Bonchev–Trinajstić information content (AvgIpc) is 2.76. The van der Waals surface area contributed by atoms with E-state index in [1.165, 1.54) is 0 Å². The molecule has 1 saturated heterocycles. The molecule has 100 valence electrons. The summed E-state index contributed by atoms with van der Waals surface area (Å²) in [4.78, 5) is 13.9. The second-order valence-corrected chi connectivity index (χ2v) is 5.29. The Bertz CT molecular complexity index is 397. The average molecular weight is 316 g/mol. The molecule has 1 aliphatic heterocycles. The van der Waals surface area contributed by atoms with Crippen molar-refractivity contribution in [3.05, 3.63) is 22.6 Å². The van der Waals surface area contributed by atoms with Gasteiger partial charge in [-0.05, 0) is 60.9 Å². The molecule has 0 N–H and O–H groups in total. The lowest BCUT2D eigenvalue weighted by Crippen LogP contribution is -2.36. The summed E-state index contributed by atoms with van der Waals surface area (Å²) in [6, 6.07) is 3.88. The largest absolute Gasteiger partial charge is 0.466 e. The first-order chi connectivity index (χ1) is 8.69. The van der Waals surface area contributed by atoms with Gasteiger partial charge in [-0.3, -0.25) is 9.69 Å². The van der Waals surface area contributed by atoms with Crippen LogP contribution in [0.25, 0.3) is 0 Å². The fourth-order valence-electron chi connectivity index (χ4n) is 2.24. The third kappa shape index (κ3) is 3.59. The summed E-state index contributed by atoms with van der Waals surface area (Å²) in [6.07, 6.45) is 1.75. The Morgan fingerprint density at radius 2 is 2.22 bits per heavy atom. The Hall–Kier alpha value is -0.810. The summed E-state index contributed by atoms with van der Waals surface area (Å²) in [5.74, 6) is 0.985. The van der Waals surface area contributed by atoms with E-state index in [0.29, 0.717) is 6.61 Å². The maximum Gasteiger partial charge on any atom is 0.309 e. The first-order valence-electron chi connectivity index (χ1n) is 6.32. The Morgan fingerprint density at radius 3 is 2.78 bits per heavy atom. The molecule has 5 heteroatoms. The number of piperidine rings is 1. The van der Waals surface area contributed by atoms with Crippen molar-refractivity contribution in [3.63, 3.8) is 0 Å². The number of carbonyl (C=O) groups is 1. The molecule has 1 aromatic heterocycles. The first-order valence-corrected chi connectivity index (χ1v) is 7.11. The van der Waals surface area contributed by atoms with Gasteiger partial charge in [-0.2, -0.15) is 0 Å². The van der Waals surface area contributed by atoms with Gasteiger partial charge in [0.1, 0.15) is 5.76 Å². The third-order valence-corrected chi connectivity index (χ3v) is 3.64. The molecule has 0 aliphatic carbocycles. The molecule has 1 aromatic rings. The van der Waals surface area contributed by atoms with Crippen LogP contribution in [-0.2, 0) is 16.1 Å². The number of halogens is 1. The van der Waals surface area contributed by atoms with E-state index in [1.807, 2.05) is 19.1 Å². The van der Waals surface area contributed by atoms with Crippen LogP contribution in [0.5, 0.6) is 0 Å². The molecule has 0 radical (unpaired) electrons. The van der Waals surface area contributed by atoms with E-state index in [-0.39, 0.29) is 11.9 Å². The highest BCUT2D eigenvalue weighted by Crippen LogP contribution is 2.22. The fourth-order valence-corrected chi connectivity index (χ4v) is 2.58. The Labute approximate surface area is 115 Å². The van der Waals surface area contributed by atoms with E-state index in [1.54, 1.807) is 0 Å². The number of carbonyl (C=O) groups excluding carboxylic acids is 1. The molecule has 0 amide bonds. The second-order valence-electron chi connectivity index (χ2n) is 4.51. The fraction of sp³-hybridized carbons (Fsp3) is 0.615. The Balaban J connectivity index is 1.78. The van der Waals surface area contributed by atoms with E-state index < -0.39 is 0 Å². The number of likely N-dealkylation sites (tertiary alicyclic amines) is 1. The molecule has 18 heavy (non-hydrogen) atoms. The molecule has 4 nitrogen and oxygen atoms in total. The number of hydrogen-bond donors (Lipinski definition) is 0. The molecule has 1 aliphatic rings. The lowest BCUT2D eigenvalue weighted by atomic mass is 9.97. The van der Waals surface area contributed by atoms with Crippen LogP contribution >= 0.6 is 15.9 Å². The summed E-state index contributed by atoms with van der Waals surface area (Å²) < 4.78 is 11.3. The highest BCUT2D eigenvalue weighted by atomic mass is 79.9. The van der Waals surface area contributed by atoms with Crippen LogP contribution in [0, 0.1) is 5.92 Å². The third-order valence-electron chi connectivity index (χ3n) is 3.22. The van der Waals surface area contributed by atoms with Crippen molar-refractivity contribution in [1.29, 1.82) is 0 Å². The van der Waals surface area contributed by atoms with Crippen molar-refractivity contribution >= 4 is 21.9 Å². The number of furan rings is 1. The van der Waals surface area contributed by atoms with E-state index in [0.717, 1.165) is 42.9 Å². The Morgan fingerprint density at radius 1 is 1.50 bits per heavy atom. The second kappa shape index (κ2) is 6.38. The lowest BCUT2D eigenvalue weighted by Gasteiger charge is -2.30. The minimum Gasteiger partial charge on any atom is -0.466 e. The number of esters is 1. The molecule has 0 atom stereocenters. The van der Waals surface area contributed by atoms with Crippen LogP contribution in [0.2, 0.25) is 0 Å². The van der Waals surface area contributed by atoms with Gasteiger partial charge in [-0.25, -0.2) is 0 Å². The SMILES string of the molecule is CCOC(=O)C1CCN(Cc2ccc(Br)o2)CC1. The van der Waals surface area contributed by atoms with Crippen molar-refractivity contribution in [1.82, 2.24) is 4.90 Å². The minimum atomic E-state index is -0.0436. The molecular weight excluding hydrogens is 298 g/mol. The smallest absolute Gasteiger partial charge is 0.309 e. The van der Waals surface area contributed by atoms with Gasteiger partial charge in [0.2, 0.25) is 0 Å². The van der Waals surface area contributed by atoms with Crippen molar-refractivity contribution in [2.75, 3.05) is 19.7 Å². The summed E-state index contributed by atoms with van der Waals surface area (Å²) in [5, 5.41) is 0. The summed E-state index contributed by atoms with van der Waals surface area (Å²) >= 11 is 3.30. The van der Waals surface area contributed by atoms with Gasteiger partial charge in [-0.15, -0.1) is 0 Å². The Kier molecular flexibility index (Phi) is 4.83. The molecular formula is C13H18BrNO3. The number of rotatable bonds is 4. The molecule has 2 heterocycles. The number of ether oxygens (including phenoxy) is 1. The van der Waals surface area contributed by atoms with Crippen LogP contribution in [-0.4, -0.2) is 30.6 Å². The van der Waals surface area contributed by atoms with Crippen LogP contribution in [0.15, 0.2) is 21.2 Å². The molecule has 0 saturated carbocycles. The van der Waals surface area contributed by atoms with Crippen molar-refractivity contribution in [2.24, 2.45) is 5.92 Å². The normalized spacial score (nSPS) is 17.9. The quantitative estimate of drug-likeness (QED) is 0.801. The standard InChI is InChI=1S/C13H18BrNO3/c1-2-17-13(16)10-5-7-15(8-6-10)9-11-3-4-12(14)18-11/h3-4,10H,2,5-9H2,1H3. The topological polar surface area (TPSA) is 42.7 Å². The monoisotopic (exact) mass is 315 g/mol. The van der Waals surface area contributed by atoms with Gasteiger partial charge in [-0.1, -0.05) is 0 Å². The van der Waals surface area contributed by atoms with Crippen molar-refractivity contribution in [2.45, 2.75) is 26.3 Å². The maximum atomic E-state index is 11.6. The zero-order valence-electron chi connectivity index (χ0n) is 10.5. The number of hydrogen-bond acceptors (Lipinski definition) is 4. The van der Waals surface area contributed by atoms with Gasteiger partial charge in [0.05, 0.1) is 19.1 Å². The molecule has 0 unspecified atom stereocenters. The molecule has 2 rings (SSSR count). The van der Waals surface area contributed by atoms with Crippen molar-refractivity contribution in [3.8, 4) is 0 Å². The lowest BCUT2D eigenvalue weighted by molar-refractivity contribution is -0.149. The van der Waals surface area contributed by atoms with Gasteiger partial charge in [0.15, 0.2) is 4.67 Å². The summed E-state index contributed by atoms with van der Waals surface area (Å²) in [6.45, 7) is 4.96. The molecule has 0 spiro atoms. The van der Waals surface area contributed by atoms with E-state index in [4.69, 9.17) is 9.15 Å². The summed E-state index contributed by atoms with van der Waals surface area (Å²) in [5.41, 5.74) is 0. The molecule has 0 bridgehead atoms. The highest BCUT2D eigenvalue weighted by Gasteiger charge is 2.26. The van der Waals surface area contributed by atoms with Crippen LogP contribution in [0.1, 0.15) is 25.5 Å². The van der Waals surface area contributed by atoms with Gasteiger partial charge >= 0.3 is 5.97 Å². The van der Waals surface area contributed by atoms with E-state index >= 15 is 0 Å². The predicted molar refractivity (Wildman–Crippen MR) is 71.0 cm³/mol. The first kappa shape index (κ1) is 13.6. The van der Waals surface area contributed by atoms with E-state index in [2.05, 4.69) is 20.8 Å². The van der Waals surface area contributed by atoms with E-state index in [9.17, 15) is 4.79 Å². The predicted octanol–water partition coefficient (Wildman–Crippen LogP) is 2.82. The zero-order valence-corrected chi connectivity index (χ0v) is 12.1. The van der Waals surface area contributed by atoms with Crippen LogP contribution in [0.3, 0.4) is 0 Å². The minimum absolute atomic E-state index is 0.0436. The van der Waals surface area contributed by atoms with Gasteiger partial charge in [0.25, 0.3) is 0 Å². The van der Waals surface area contributed by atoms with Gasteiger partial charge < -0.3 is 9.15 Å². The van der Waals surface area contributed by atoms with Crippen LogP contribution < -0.4 is 0 Å². The van der Waals surface area contributed by atoms with Gasteiger partial charge in [0, 0.05) is 0 Å². The molecule has 1 fully saturated rings. The zero-order chi connectivity index (χ0) is 13.0.